The van der Waals surface area contributed by atoms with Crippen molar-refractivity contribution in [1.29, 1.82) is 0 Å². The first kappa shape index (κ1) is 11.7. The summed E-state index contributed by atoms with van der Waals surface area (Å²) >= 11 is 0. The van der Waals surface area contributed by atoms with Crippen LogP contribution in [0.3, 0.4) is 0 Å². The molecule has 0 aliphatic rings. The highest BCUT2D eigenvalue weighted by molar-refractivity contribution is 5.10. The van der Waals surface area contributed by atoms with Crippen molar-refractivity contribution < 1.29 is 0 Å². The predicted molar refractivity (Wildman–Crippen MR) is 66.4 cm³/mol. The summed E-state index contributed by atoms with van der Waals surface area (Å²) in [6, 6.07) is 4.30. The quantitative estimate of drug-likeness (QED) is 0.847. The molecular weight excluding hydrogens is 212 g/mol. The van der Waals surface area contributed by atoms with E-state index in [0.717, 1.165) is 18.7 Å². The van der Waals surface area contributed by atoms with E-state index in [0.29, 0.717) is 0 Å². The van der Waals surface area contributed by atoms with Crippen LogP contribution in [0.5, 0.6) is 0 Å². The summed E-state index contributed by atoms with van der Waals surface area (Å²) in [7, 11) is 0. The second kappa shape index (κ2) is 6.06. The molecule has 0 amide bonds. The van der Waals surface area contributed by atoms with E-state index in [2.05, 4.69) is 27.2 Å². The van der Waals surface area contributed by atoms with Gasteiger partial charge in [-0.05, 0) is 37.6 Å². The van der Waals surface area contributed by atoms with Crippen molar-refractivity contribution >= 4 is 0 Å². The Morgan fingerprint density at radius 3 is 2.65 bits per heavy atom. The third-order valence-electron chi connectivity index (χ3n) is 2.64. The number of rotatable bonds is 5. The second-order valence-electron chi connectivity index (χ2n) is 3.91. The summed E-state index contributed by atoms with van der Waals surface area (Å²) in [5.74, 6) is 0. The Kier molecular flexibility index (Phi) is 4.16. The van der Waals surface area contributed by atoms with Gasteiger partial charge in [-0.3, -0.25) is 15.0 Å². The molecule has 17 heavy (non-hydrogen) atoms. The minimum Gasteiger partial charge on any atom is -0.308 e. The average molecular weight is 228 g/mol. The molecule has 2 aromatic rings. The molecule has 2 aromatic heterocycles. The van der Waals surface area contributed by atoms with Crippen LogP contribution in [-0.4, -0.2) is 21.5 Å². The predicted octanol–water partition coefficient (Wildman–Crippen LogP) is 1.76. The Balaban J connectivity index is 1.79. The third kappa shape index (κ3) is 3.60. The zero-order valence-corrected chi connectivity index (χ0v) is 9.87. The maximum Gasteiger partial charge on any atom is 0.0753 e. The van der Waals surface area contributed by atoms with Crippen LogP contribution in [0.2, 0.25) is 0 Å². The molecule has 88 valence electrons. The molecule has 1 unspecified atom stereocenters. The smallest absolute Gasteiger partial charge is 0.0753 e. The van der Waals surface area contributed by atoms with Gasteiger partial charge in [0.25, 0.3) is 0 Å². The van der Waals surface area contributed by atoms with Crippen LogP contribution in [0.1, 0.15) is 24.2 Å². The monoisotopic (exact) mass is 228 g/mol. The van der Waals surface area contributed by atoms with Gasteiger partial charge in [-0.25, -0.2) is 0 Å². The van der Waals surface area contributed by atoms with E-state index in [1.54, 1.807) is 18.6 Å². The van der Waals surface area contributed by atoms with Gasteiger partial charge in [-0.1, -0.05) is 0 Å². The molecule has 4 heteroatoms. The fourth-order valence-corrected chi connectivity index (χ4v) is 1.62. The number of hydrogen-bond acceptors (Lipinski definition) is 4. The van der Waals surface area contributed by atoms with Gasteiger partial charge in [-0.15, -0.1) is 0 Å². The maximum atomic E-state index is 4.27. The highest BCUT2D eigenvalue weighted by Crippen LogP contribution is 2.06. The van der Waals surface area contributed by atoms with E-state index < -0.39 is 0 Å². The lowest BCUT2D eigenvalue weighted by Crippen LogP contribution is -2.22. The molecule has 0 aliphatic heterocycles. The Morgan fingerprint density at radius 1 is 1.12 bits per heavy atom. The lowest BCUT2D eigenvalue weighted by atomic mass is 10.2. The first-order chi connectivity index (χ1) is 8.36. The van der Waals surface area contributed by atoms with E-state index in [-0.39, 0.29) is 6.04 Å². The van der Waals surface area contributed by atoms with Gasteiger partial charge in [0.05, 0.1) is 5.69 Å². The summed E-state index contributed by atoms with van der Waals surface area (Å²) in [4.78, 5) is 12.3. The Labute approximate surface area is 101 Å². The summed E-state index contributed by atoms with van der Waals surface area (Å²) < 4.78 is 0. The molecule has 0 spiro atoms. The largest absolute Gasteiger partial charge is 0.308 e. The van der Waals surface area contributed by atoms with Gasteiger partial charge in [0.2, 0.25) is 0 Å². The molecule has 0 bridgehead atoms. The molecule has 0 radical (unpaired) electrons. The molecule has 0 saturated heterocycles. The Bertz CT molecular complexity index is 430. The standard InChI is InChI=1S/C13H16N4/c1-11(13-10-15-8-9-17-13)16-7-4-12-2-5-14-6-3-12/h2-3,5-6,8-11,16H,4,7H2,1H3. The van der Waals surface area contributed by atoms with Crippen LogP contribution in [0.4, 0.5) is 0 Å². The fourth-order valence-electron chi connectivity index (χ4n) is 1.62. The molecule has 0 aliphatic carbocycles. The van der Waals surface area contributed by atoms with Gasteiger partial charge in [0, 0.05) is 37.0 Å². The summed E-state index contributed by atoms with van der Waals surface area (Å²) in [6.45, 7) is 3.01. The molecule has 2 heterocycles. The van der Waals surface area contributed by atoms with Crippen molar-refractivity contribution in [2.45, 2.75) is 19.4 Å². The van der Waals surface area contributed by atoms with Gasteiger partial charge >= 0.3 is 0 Å². The fraction of sp³-hybridized carbons (Fsp3) is 0.308. The van der Waals surface area contributed by atoms with Crippen molar-refractivity contribution in [3.05, 3.63) is 54.4 Å². The van der Waals surface area contributed by atoms with Crippen LogP contribution in [0.15, 0.2) is 43.1 Å². The Morgan fingerprint density at radius 2 is 1.94 bits per heavy atom. The molecule has 2 rings (SSSR count). The van der Waals surface area contributed by atoms with E-state index >= 15 is 0 Å². The molecular formula is C13H16N4. The van der Waals surface area contributed by atoms with Crippen LogP contribution < -0.4 is 5.32 Å². The minimum absolute atomic E-state index is 0.227. The van der Waals surface area contributed by atoms with Crippen molar-refractivity contribution in [2.24, 2.45) is 0 Å². The second-order valence-corrected chi connectivity index (χ2v) is 3.91. The zero-order chi connectivity index (χ0) is 11.9. The molecule has 0 saturated carbocycles. The van der Waals surface area contributed by atoms with Gasteiger partial charge < -0.3 is 5.32 Å². The maximum absolute atomic E-state index is 4.27. The van der Waals surface area contributed by atoms with Crippen LogP contribution in [0.25, 0.3) is 0 Å². The lowest BCUT2D eigenvalue weighted by molar-refractivity contribution is 0.562. The number of pyridine rings is 1. The van der Waals surface area contributed by atoms with Crippen molar-refractivity contribution in [2.75, 3.05) is 6.54 Å². The molecule has 0 fully saturated rings. The third-order valence-corrected chi connectivity index (χ3v) is 2.64. The van der Waals surface area contributed by atoms with Crippen LogP contribution >= 0.6 is 0 Å². The molecule has 4 nitrogen and oxygen atoms in total. The van der Waals surface area contributed by atoms with E-state index in [1.165, 1.54) is 5.56 Å². The lowest BCUT2D eigenvalue weighted by Gasteiger charge is -2.12. The summed E-state index contributed by atoms with van der Waals surface area (Å²) in [5.41, 5.74) is 2.26. The van der Waals surface area contributed by atoms with Gasteiger partial charge in [-0.2, -0.15) is 0 Å². The number of aromatic nitrogens is 3. The normalized spacial score (nSPS) is 12.3. The van der Waals surface area contributed by atoms with Crippen LogP contribution in [-0.2, 0) is 6.42 Å². The van der Waals surface area contributed by atoms with Gasteiger partial charge in [0.1, 0.15) is 0 Å². The number of hydrogen-bond donors (Lipinski definition) is 1. The van der Waals surface area contributed by atoms with Gasteiger partial charge in [0.15, 0.2) is 0 Å². The molecule has 1 N–H and O–H groups in total. The summed E-state index contributed by atoms with van der Waals surface area (Å²) in [5, 5.41) is 3.42. The highest BCUT2D eigenvalue weighted by atomic mass is 14.9. The molecule has 1 atom stereocenters. The molecule has 0 aromatic carbocycles. The first-order valence-corrected chi connectivity index (χ1v) is 5.74. The van der Waals surface area contributed by atoms with Crippen LogP contribution in [0, 0.1) is 0 Å². The topological polar surface area (TPSA) is 50.7 Å². The highest BCUT2D eigenvalue weighted by Gasteiger charge is 2.05. The minimum atomic E-state index is 0.227. The number of nitrogens with one attached hydrogen (secondary N) is 1. The Hall–Kier alpha value is -1.81. The van der Waals surface area contributed by atoms with E-state index in [1.807, 2.05) is 24.5 Å². The van der Waals surface area contributed by atoms with E-state index in [9.17, 15) is 0 Å². The number of nitrogens with zero attached hydrogens (tertiary/aromatic N) is 3. The van der Waals surface area contributed by atoms with Crippen molar-refractivity contribution in [3.8, 4) is 0 Å². The van der Waals surface area contributed by atoms with E-state index in [4.69, 9.17) is 0 Å². The average Bonchev–Trinajstić information content (AvgIpc) is 2.41. The van der Waals surface area contributed by atoms with Crippen molar-refractivity contribution in [1.82, 2.24) is 20.3 Å². The summed E-state index contributed by atoms with van der Waals surface area (Å²) in [6.07, 6.45) is 9.84. The van der Waals surface area contributed by atoms with Crippen molar-refractivity contribution in [3.63, 3.8) is 0 Å². The SMILES string of the molecule is CC(NCCc1ccncc1)c1cnccn1. The first-order valence-electron chi connectivity index (χ1n) is 5.74. The zero-order valence-electron chi connectivity index (χ0n) is 9.87.